The predicted molar refractivity (Wildman–Crippen MR) is 62.6 cm³/mol. The molecule has 0 aromatic heterocycles. The Hall–Kier alpha value is -0.387. The third-order valence-corrected chi connectivity index (χ3v) is 1.11. The molecule has 0 aliphatic carbocycles. The molecule has 14 heavy (non-hydrogen) atoms. The van der Waals surface area contributed by atoms with E-state index in [9.17, 15) is 0 Å². The third kappa shape index (κ3) is 14.2. The smallest absolute Gasteiger partial charge is 0.214 e. The summed E-state index contributed by atoms with van der Waals surface area (Å²) in [5.74, 6) is 0. The summed E-state index contributed by atoms with van der Waals surface area (Å²) in [5.41, 5.74) is 0. The monoisotopic (exact) mass is 284 g/mol. The first kappa shape index (κ1) is 19.2. The Balaban J connectivity index is -0.000000131. The van der Waals surface area contributed by atoms with Crippen LogP contribution in [0.25, 0.3) is 0 Å². The molecule has 0 saturated carbocycles. The van der Waals surface area contributed by atoms with Crippen LogP contribution in [0.3, 0.4) is 0 Å². The van der Waals surface area contributed by atoms with Crippen LogP contribution in [0.5, 0.6) is 0 Å². The molecular formula is C12H15ClZr. The molecule has 0 radical (unpaired) electrons. The van der Waals surface area contributed by atoms with Crippen LogP contribution in [0.2, 0.25) is 0 Å². The second-order valence-electron chi connectivity index (χ2n) is 1.92. The van der Waals surface area contributed by atoms with Gasteiger partial charge >= 0.3 is 26.2 Å². The molecule has 0 aliphatic rings. The Bertz CT molecular complexity index is 162. The molecule has 0 spiro atoms. The number of hydrogen-bond donors (Lipinski definition) is 0. The van der Waals surface area contributed by atoms with E-state index in [1.54, 1.807) is 0 Å². The van der Waals surface area contributed by atoms with Gasteiger partial charge in [-0.25, -0.2) is 24.3 Å². The molecule has 0 fully saturated rings. The Kier molecular flexibility index (Phi) is 25.3. The Morgan fingerprint density at radius 3 is 0.929 bits per heavy atom. The van der Waals surface area contributed by atoms with Crippen molar-refractivity contribution in [3.8, 4) is 0 Å². The Morgan fingerprint density at radius 2 is 0.857 bits per heavy atom. The molecule has 0 atom stereocenters. The van der Waals surface area contributed by atoms with Crippen molar-refractivity contribution in [2.75, 3.05) is 0 Å². The van der Waals surface area contributed by atoms with Gasteiger partial charge < -0.3 is 0 Å². The topological polar surface area (TPSA) is 0 Å². The van der Waals surface area contributed by atoms with Crippen molar-refractivity contribution < 1.29 is 26.2 Å². The van der Waals surface area contributed by atoms with Crippen molar-refractivity contribution in [3.05, 3.63) is 73.8 Å². The first-order valence-electron chi connectivity index (χ1n) is 3.83. The van der Waals surface area contributed by atoms with Gasteiger partial charge in [0.2, 0.25) is 0 Å². The van der Waals surface area contributed by atoms with Gasteiger partial charge in [-0.1, -0.05) is 0 Å². The number of halogens is 1. The van der Waals surface area contributed by atoms with Crippen molar-refractivity contribution in [3.63, 3.8) is 0 Å². The SMILES string of the molecule is C=C.Cl.[Zr+2].c1cc[cH-]c1.c1cc[cH-]c1. The standard InChI is InChI=1S/2C5H5.C2H4.ClH.Zr/c2*1-2-4-5-3-1;1-2;;/h2*1-5H;1-2H2;1H;/q2*-1;;;+2. The summed E-state index contributed by atoms with van der Waals surface area (Å²) in [6.45, 7) is 6.00. The van der Waals surface area contributed by atoms with Crippen LogP contribution in [0.15, 0.2) is 73.8 Å². The second kappa shape index (κ2) is 18.4. The van der Waals surface area contributed by atoms with Crippen molar-refractivity contribution in [1.82, 2.24) is 0 Å². The van der Waals surface area contributed by atoms with Gasteiger partial charge in [0.15, 0.2) is 0 Å². The zero-order valence-electron chi connectivity index (χ0n) is 8.10. The molecule has 2 rings (SSSR count). The fourth-order valence-corrected chi connectivity index (χ4v) is 0.642. The van der Waals surface area contributed by atoms with Crippen LogP contribution >= 0.6 is 12.4 Å². The summed E-state index contributed by atoms with van der Waals surface area (Å²) >= 11 is 0. The minimum absolute atomic E-state index is 0. The second-order valence-corrected chi connectivity index (χ2v) is 1.92. The molecule has 74 valence electrons. The van der Waals surface area contributed by atoms with Crippen molar-refractivity contribution >= 4 is 12.4 Å². The molecule has 2 aromatic rings. The van der Waals surface area contributed by atoms with Crippen LogP contribution in [0.4, 0.5) is 0 Å². The van der Waals surface area contributed by atoms with Crippen LogP contribution in [-0.4, -0.2) is 0 Å². The molecule has 2 heteroatoms. The maximum Gasteiger partial charge on any atom is 2.00 e. The van der Waals surface area contributed by atoms with Crippen LogP contribution in [0.1, 0.15) is 0 Å². The molecule has 0 aliphatic heterocycles. The third-order valence-electron chi connectivity index (χ3n) is 1.11. The van der Waals surface area contributed by atoms with Gasteiger partial charge in [0.25, 0.3) is 0 Å². The Morgan fingerprint density at radius 1 is 0.643 bits per heavy atom. The summed E-state index contributed by atoms with van der Waals surface area (Å²) in [7, 11) is 0. The Labute approximate surface area is 112 Å². The number of hydrogen-bond acceptors (Lipinski definition) is 0. The molecule has 0 amide bonds. The molecule has 0 unspecified atom stereocenters. The summed E-state index contributed by atoms with van der Waals surface area (Å²) in [6.07, 6.45) is 0. The van der Waals surface area contributed by atoms with Gasteiger partial charge in [-0.2, -0.15) is 36.4 Å². The quantitative estimate of drug-likeness (QED) is 0.506. The zero-order valence-corrected chi connectivity index (χ0v) is 11.4. The minimum atomic E-state index is 0. The van der Waals surface area contributed by atoms with Gasteiger partial charge in [0, 0.05) is 0 Å². The van der Waals surface area contributed by atoms with E-state index in [0.717, 1.165) is 0 Å². The van der Waals surface area contributed by atoms with Crippen molar-refractivity contribution in [1.29, 1.82) is 0 Å². The average Bonchev–Trinajstić information content (AvgIpc) is 2.87. The molecule has 0 nitrogen and oxygen atoms in total. The van der Waals surface area contributed by atoms with E-state index < -0.39 is 0 Å². The molecule has 0 bridgehead atoms. The van der Waals surface area contributed by atoms with Crippen LogP contribution in [0, 0.1) is 0 Å². The molecule has 0 saturated heterocycles. The van der Waals surface area contributed by atoms with Crippen LogP contribution < -0.4 is 0 Å². The average molecular weight is 286 g/mol. The largest absolute Gasteiger partial charge is 2.00 e. The van der Waals surface area contributed by atoms with Gasteiger partial charge in [-0.05, 0) is 0 Å². The normalized spacial score (nSPS) is 6.00. The van der Waals surface area contributed by atoms with E-state index in [1.807, 2.05) is 60.7 Å². The first-order chi connectivity index (χ1) is 6.00. The summed E-state index contributed by atoms with van der Waals surface area (Å²) in [6, 6.07) is 20.0. The summed E-state index contributed by atoms with van der Waals surface area (Å²) < 4.78 is 0. The number of rotatable bonds is 0. The minimum Gasteiger partial charge on any atom is -0.214 e. The molecule has 2 aromatic carbocycles. The van der Waals surface area contributed by atoms with Crippen molar-refractivity contribution in [2.45, 2.75) is 0 Å². The predicted octanol–water partition coefficient (Wildman–Crippen LogP) is 4.03. The van der Waals surface area contributed by atoms with E-state index in [-0.39, 0.29) is 38.6 Å². The summed E-state index contributed by atoms with van der Waals surface area (Å²) in [5, 5.41) is 0. The fraction of sp³-hybridized carbons (Fsp3) is 0. The van der Waals surface area contributed by atoms with Crippen molar-refractivity contribution in [2.24, 2.45) is 0 Å². The van der Waals surface area contributed by atoms with Gasteiger partial charge in [0.1, 0.15) is 0 Å². The van der Waals surface area contributed by atoms with Gasteiger partial charge in [0.05, 0.1) is 0 Å². The van der Waals surface area contributed by atoms with E-state index in [1.165, 1.54) is 0 Å². The van der Waals surface area contributed by atoms with E-state index in [4.69, 9.17) is 0 Å². The van der Waals surface area contributed by atoms with E-state index >= 15 is 0 Å². The summed E-state index contributed by atoms with van der Waals surface area (Å²) in [4.78, 5) is 0. The zero-order chi connectivity index (χ0) is 9.07. The van der Waals surface area contributed by atoms with E-state index in [2.05, 4.69) is 13.2 Å². The van der Waals surface area contributed by atoms with Gasteiger partial charge in [-0.15, -0.1) is 25.6 Å². The fourth-order valence-electron chi connectivity index (χ4n) is 0.642. The molecular weight excluding hydrogens is 271 g/mol. The maximum absolute atomic E-state index is 3.00. The van der Waals surface area contributed by atoms with Crippen LogP contribution in [-0.2, 0) is 26.2 Å². The maximum atomic E-state index is 3.00. The molecule has 0 N–H and O–H groups in total. The van der Waals surface area contributed by atoms with E-state index in [0.29, 0.717) is 0 Å². The molecule has 0 heterocycles. The first-order valence-corrected chi connectivity index (χ1v) is 3.83. The van der Waals surface area contributed by atoms with Gasteiger partial charge in [-0.3, -0.25) is 0 Å².